The summed E-state index contributed by atoms with van der Waals surface area (Å²) in [5, 5.41) is 10.8. The molecule has 2 aromatic carbocycles. The standard InChI is InChI=1S/C20H19N3O4/c1-14-3-5-15(6-4-14)16-7-9-17(10-8-16)26-13-20(2)12-22-11-18(23(24)25)21-19(22)27-20/h3-11H,12-13H2,1-2H3. The van der Waals surface area contributed by atoms with Crippen LogP contribution >= 0.6 is 0 Å². The molecule has 3 aromatic rings. The van der Waals surface area contributed by atoms with Gasteiger partial charge in [0.15, 0.2) is 5.60 Å². The summed E-state index contributed by atoms with van der Waals surface area (Å²) in [5.41, 5.74) is 2.89. The maximum atomic E-state index is 10.8. The van der Waals surface area contributed by atoms with Gasteiger partial charge in [-0.2, -0.15) is 0 Å². The zero-order valence-corrected chi connectivity index (χ0v) is 15.1. The first kappa shape index (κ1) is 17.1. The SMILES string of the molecule is Cc1ccc(-c2ccc(OCC3(C)Cn4cc([N+](=O)[O-])nc4O3)cc2)cc1. The molecular formula is C20H19N3O4. The fourth-order valence-corrected chi connectivity index (χ4v) is 3.08. The van der Waals surface area contributed by atoms with Crippen LogP contribution in [0.2, 0.25) is 0 Å². The summed E-state index contributed by atoms with van der Waals surface area (Å²) in [6.07, 6.45) is 1.39. The Labute approximate surface area is 156 Å². The highest BCUT2D eigenvalue weighted by molar-refractivity contribution is 5.64. The van der Waals surface area contributed by atoms with Crippen LogP contribution in [0, 0.1) is 17.0 Å². The Morgan fingerprint density at radius 1 is 1.19 bits per heavy atom. The van der Waals surface area contributed by atoms with E-state index in [0.717, 1.165) is 16.9 Å². The number of fused-ring (bicyclic) bond motifs is 1. The van der Waals surface area contributed by atoms with Gasteiger partial charge in [0.1, 0.15) is 18.6 Å². The quantitative estimate of drug-likeness (QED) is 0.504. The normalized spacial score (nSPS) is 18.0. The largest absolute Gasteiger partial charge is 0.489 e. The van der Waals surface area contributed by atoms with Crippen LogP contribution in [-0.4, -0.2) is 26.7 Å². The molecule has 0 bridgehead atoms. The van der Waals surface area contributed by atoms with Crippen molar-refractivity contribution in [3.05, 3.63) is 70.4 Å². The first-order chi connectivity index (χ1) is 12.9. The molecule has 7 nitrogen and oxygen atoms in total. The smallest absolute Gasteiger partial charge is 0.415 e. The van der Waals surface area contributed by atoms with Gasteiger partial charge in [0.05, 0.1) is 6.54 Å². The van der Waals surface area contributed by atoms with E-state index in [1.807, 2.05) is 31.2 Å². The Morgan fingerprint density at radius 3 is 2.41 bits per heavy atom. The minimum Gasteiger partial charge on any atom is -0.489 e. The molecule has 138 valence electrons. The first-order valence-electron chi connectivity index (χ1n) is 8.62. The molecule has 0 N–H and O–H groups in total. The average Bonchev–Trinajstić information content (AvgIpc) is 3.17. The molecule has 0 aliphatic carbocycles. The Morgan fingerprint density at radius 2 is 1.81 bits per heavy atom. The first-order valence-corrected chi connectivity index (χ1v) is 8.62. The number of ether oxygens (including phenoxy) is 2. The third-order valence-electron chi connectivity index (χ3n) is 4.54. The van der Waals surface area contributed by atoms with E-state index in [2.05, 4.69) is 36.2 Å². The molecule has 1 aliphatic rings. The van der Waals surface area contributed by atoms with Crippen molar-refractivity contribution >= 4 is 5.82 Å². The number of benzene rings is 2. The average molecular weight is 365 g/mol. The van der Waals surface area contributed by atoms with Crippen LogP contribution in [0.3, 0.4) is 0 Å². The second-order valence-electron chi connectivity index (χ2n) is 7.00. The van der Waals surface area contributed by atoms with Gasteiger partial charge in [0.2, 0.25) is 0 Å². The fourth-order valence-electron chi connectivity index (χ4n) is 3.08. The molecule has 27 heavy (non-hydrogen) atoms. The molecule has 0 radical (unpaired) electrons. The van der Waals surface area contributed by atoms with E-state index in [9.17, 15) is 10.1 Å². The molecule has 1 aliphatic heterocycles. The number of aromatic nitrogens is 2. The minimum atomic E-state index is -0.618. The van der Waals surface area contributed by atoms with Crippen molar-refractivity contribution in [3.8, 4) is 22.9 Å². The van der Waals surface area contributed by atoms with E-state index in [0.29, 0.717) is 13.2 Å². The molecule has 0 spiro atoms. The van der Waals surface area contributed by atoms with Crippen molar-refractivity contribution in [1.29, 1.82) is 0 Å². The molecule has 2 heterocycles. The van der Waals surface area contributed by atoms with E-state index >= 15 is 0 Å². The Bertz CT molecular complexity index is 954. The number of rotatable bonds is 5. The highest BCUT2D eigenvalue weighted by Gasteiger charge is 2.41. The van der Waals surface area contributed by atoms with Gasteiger partial charge in [-0.1, -0.05) is 42.0 Å². The number of hydrogen-bond acceptors (Lipinski definition) is 5. The molecule has 1 unspecified atom stereocenters. The predicted molar refractivity (Wildman–Crippen MR) is 100 cm³/mol. The van der Waals surface area contributed by atoms with Crippen molar-refractivity contribution in [2.75, 3.05) is 6.61 Å². The van der Waals surface area contributed by atoms with E-state index in [-0.39, 0.29) is 11.8 Å². The lowest BCUT2D eigenvalue weighted by molar-refractivity contribution is -0.389. The summed E-state index contributed by atoms with van der Waals surface area (Å²) in [4.78, 5) is 14.1. The summed E-state index contributed by atoms with van der Waals surface area (Å²) in [5.74, 6) is 0.533. The minimum absolute atomic E-state index is 0.209. The number of aryl methyl sites for hydroxylation is 1. The Kier molecular flexibility index (Phi) is 4.07. The van der Waals surface area contributed by atoms with Gasteiger partial charge in [0, 0.05) is 4.98 Å². The van der Waals surface area contributed by atoms with Gasteiger partial charge in [-0.25, -0.2) is 0 Å². The number of hydrogen-bond donors (Lipinski definition) is 0. The van der Waals surface area contributed by atoms with Gasteiger partial charge >= 0.3 is 11.8 Å². The van der Waals surface area contributed by atoms with Crippen LogP contribution < -0.4 is 9.47 Å². The molecule has 0 fully saturated rings. The van der Waals surface area contributed by atoms with E-state index in [1.54, 1.807) is 4.57 Å². The lowest BCUT2D eigenvalue weighted by Crippen LogP contribution is -2.38. The van der Waals surface area contributed by atoms with Gasteiger partial charge in [-0.3, -0.25) is 4.57 Å². The lowest BCUT2D eigenvalue weighted by atomic mass is 10.0. The van der Waals surface area contributed by atoms with Gasteiger partial charge in [-0.15, -0.1) is 0 Å². The van der Waals surface area contributed by atoms with Crippen molar-refractivity contribution in [2.45, 2.75) is 26.0 Å². The summed E-state index contributed by atoms with van der Waals surface area (Å²) >= 11 is 0. The Balaban J connectivity index is 1.39. The van der Waals surface area contributed by atoms with Crippen LogP contribution in [0.15, 0.2) is 54.7 Å². The van der Waals surface area contributed by atoms with Crippen molar-refractivity contribution in [3.63, 3.8) is 0 Å². The zero-order valence-electron chi connectivity index (χ0n) is 15.1. The van der Waals surface area contributed by atoms with Gasteiger partial charge in [-0.05, 0) is 42.0 Å². The molecular weight excluding hydrogens is 346 g/mol. The predicted octanol–water partition coefficient (Wildman–Crippen LogP) is 4.00. The van der Waals surface area contributed by atoms with E-state index < -0.39 is 10.5 Å². The molecule has 0 amide bonds. The second-order valence-corrected chi connectivity index (χ2v) is 7.00. The summed E-state index contributed by atoms with van der Waals surface area (Å²) in [6, 6.07) is 16.5. The third-order valence-corrected chi connectivity index (χ3v) is 4.54. The molecule has 1 aromatic heterocycles. The fraction of sp³-hybridized carbons (Fsp3) is 0.250. The zero-order chi connectivity index (χ0) is 19.0. The number of nitro groups is 1. The molecule has 0 saturated carbocycles. The van der Waals surface area contributed by atoms with Crippen molar-refractivity contribution in [1.82, 2.24) is 9.55 Å². The van der Waals surface area contributed by atoms with Crippen LogP contribution in [0.5, 0.6) is 11.8 Å². The van der Waals surface area contributed by atoms with Crippen molar-refractivity contribution in [2.24, 2.45) is 0 Å². The van der Waals surface area contributed by atoms with Gasteiger partial charge < -0.3 is 19.6 Å². The summed E-state index contributed by atoms with van der Waals surface area (Å²) < 4.78 is 13.3. The maximum absolute atomic E-state index is 10.8. The van der Waals surface area contributed by atoms with E-state index in [1.165, 1.54) is 11.8 Å². The summed E-state index contributed by atoms with van der Waals surface area (Å²) in [7, 11) is 0. The molecule has 4 rings (SSSR count). The highest BCUT2D eigenvalue weighted by atomic mass is 16.6. The lowest BCUT2D eigenvalue weighted by Gasteiger charge is -2.22. The number of imidazole rings is 1. The van der Waals surface area contributed by atoms with Crippen LogP contribution in [0.25, 0.3) is 11.1 Å². The van der Waals surface area contributed by atoms with Crippen LogP contribution in [0.4, 0.5) is 5.82 Å². The van der Waals surface area contributed by atoms with Crippen LogP contribution in [0.1, 0.15) is 12.5 Å². The molecule has 7 heteroatoms. The number of nitrogens with zero attached hydrogens (tertiary/aromatic N) is 3. The van der Waals surface area contributed by atoms with Gasteiger partial charge in [0.25, 0.3) is 0 Å². The summed E-state index contributed by atoms with van der Waals surface area (Å²) in [6.45, 7) is 4.73. The maximum Gasteiger partial charge on any atom is 0.415 e. The molecule has 0 saturated heterocycles. The third kappa shape index (κ3) is 3.48. The van der Waals surface area contributed by atoms with E-state index in [4.69, 9.17) is 9.47 Å². The van der Waals surface area contributed by atoms with Crippen LogP contribution in [-0.2, 0) is 6.54 Å². The van der Waals surface area contributed by atoms with Crippen molar-refractivity contribution < 1.29 is 14.4 Å². The second kappa shape index (κ2) is 6.42. The monoisotopic (exact) mass is 365 g/mol. The topological polar surface area (TPSA) is 79.4 Å². The molecule has 1 atom stereocenters. The highest BCUT2D eigenvalue weighted by Crippen LogP contribution is 2.31. The Hall–Kier alpha value is -3.35.